The van der Waals surface area contributed by atoms with Crippen LogP contribution < -0.4 is 0 Å². The molecule has 3 aliphatic rings. The highest BCUT2D eigenvalue weighted by Gasteiger charge is 2.61. The van der Waals surface area contributed by atoms with Crippen molar-refractivity contribution in [2.45, 2.75) is 44.1 Å². The first kappa shape index (κ1) is 8.45. The molecule has 0 N–H and O–H groups in total. The molecule has 1 spiro atoms. The molecular weight excluding hydrogens is 180 g/mol. The largest absolute Gasteiger partial charge is 0.452 e. The highest BCUT2D eigenvalue weighted by molar-refractivity contribution is 6.36. The van der Waals surface area contributed by atoms with Crippen LogP contribution in [0.25, 0.3) is 0 Å². The van der Waals surface area contributed by atoms with Crippen LogP contribution in [0.3, 0.4) is 0 Å². The third kappa shape index (κ3) is 0.830. The van der Waals surface area contributed by atoms with Gasteiger partial charge in [0, 0.05) is 0 Å². The van der Waals surface area contributed by atoms with Gasteiger partial charge >= 0.3 is 5.97 Å². The number of ketones is 1. The maximum Gasteiger partial charge on any atom is 0.375 e. The molecule has 2 saturated carbocycles. The van der Waals surface area contributed by atoms with E-state index in [9.17, 15) is 9.59 Å². The van der Waals surface area contributed by atoms with Crippen molar-refractivity contribution in [1.29, 1.82) is 0 Å². The predicted octanol–water partition coefficient (Wildman–Crippen LogP) is 1.45. The van der Waals surface area contributed by atoms with E-state index in [0.29, 0.717) is 5.92 Å². The highest BCUT2D eigenvalue weighted by atomic mass is 16.6. The second-order valence-electron chi connectivity index (χ2n) is 4.78. The summed E-state index contributed by atoms with van der Waals surface area (Å²) in [6.45, 7) is 0. The van der Waals surface area contributed by atoms with Crippen LogP contribution in [0.5, 0.6) is 0 Å². The Morgan fingerprint density at radius 2 is 1.93 bits per heavy atom. The summed E-state index contributed by atoms with van der Waals surface area (Å²) in [4.78, 5) is 22.9. The van der Waals surface area contributed by atoms with E-state index in [0.717, 1.165) is 38.5 Å². The third-order valence-corrected chi connectivity index (χ3v) is 4.25. The van der Waals surface area contributed by atoms with Gasteiger partial charge in [-0.05, 0) is 38.0 Å². The minimum absolute atomic E-state index is 0.101. The Bertz CT molecular complexity index is 310. The van der Waals surface area contributed by atoms with Crippen molar-refractivity contribution in [3.05, 3.63) is 0 Å². The summed E-state index contributed by atoms with van der Waals surface area (Å²) in [6.07, 6.45) is 6.25. The van der Waals surface area contributed by atoms with Crippen LogP contribution in [0, 0.1) is 11.8 Å². The number of carbonyl (C=O) groups is 2. The molecule has 1 saturated heterocycles. The van der Waals surface area contributed by atoms with Gasteiger partial charge in [-0.25, -0.2) is 4.79 Å². The maximum absolute atomic E-state index is 11.6. The van der Waals surface area contributed by atoms with Gasteiger partial charge in [-0.2, -0.15) is 0 Å². The Hall–Kier alpha value is -0.860. The summed E-state index contributed by atoms with van der Waals surface area (Å²) < 4.78 is 5.40. The van der Waals surface area contributed by atoms with Crippen molar-refractivity contribution in [2.24, 2.45) is 11.8 Å². The smallest absolute Gasteiger partial charge is 0.375 e. The Kier molecular flexibility index (Phi) is 1.56. The monoisotopic (exact) mass is 194 g/mol. The van der Waals surface area contributed by atoms with Crippen LogP contribution in [0.1, 0.15) is 38.5 Å². The first-order valence-electron chi connectivity index (χ1n) is 5.51. The van der Waals surface area contributed by atoms with Gasteiger partial charge in [-0.1, -0.05) is 6.42 Å². The van der Waals surface area contributed by atoms with E-state index in [2.05, 4.69) is 0 Å². The lowest BCUT2D eigenvalue weighted by atomic mass is 9.70. The molecule has 3 atom stereocenters. The Labute approximate surface area is 82.8 Å². The van der Waals surface area contributed by atoms with Crippen molar-refractivity contribution < 1.29 is 14.3 Å². The SMILES string of the molecule is O=C1OC23CCCC2CCCC3C1=O. The second kappa shape index (κ2) is 2.59. The van der Waals surface area contributed by atoms with Gasteiger partial charge in [0.15, 0.2) is 0 Å². The molecule has 0 aromatic heterocycles. The van der Waals surface area contributed by atoms with E-state index in [4.69, 9.17) is 4.74 Å². The van der Waals surface area contributed by atoms with Crippen molar-refractivity contribution in [3.63, 3.8) is 0 Å². The van der Waals surface area contributed by atoms with E-state index in [1.807, 2.05) is 0 Å². The highest BCUT2D eigenvalue weighted by Crippen LogP contribution is 2.54. The molecule has 3 rings (SSSR count). The van der Waals surface area contributed by atoms with Crippen molar-refractivity contribution in [3.8, 4) is 0 Å². The zero-order chi connectivity index (χ0) is 9.76. The summed E-state index contributed by atoms with van der Waals surface area (Å²) in [7, 11) is 0. The lowest BCUT2D eigenvalue weighted by Gasteiger charge is -2.38. The Balaban J connectivity index is 2.03. The van der Waals surface area contributed by atoms with Gasteiger partial charge in [0.2, 0.25) is 5.78 Å². The van der Waals surface area contributed by atoms with Crippen LogP contribution in [-0.2, 0) is 14.3 Å². The van der Waals surface area contributed by atoms with E-state index in [1.165, 1.54) is 0 Å². The van der Waals surface area contributed by atoms with Gasteiger partial charge < -0.3 is 4.74 Å². The molecule has 1 aliphatic heterocycles. The molecule has 0 aromatic rings. The van der Waals surface area contributed by atoms with E-state index >= 15 is 0 Å². The fourth-order valence-corrected chi connectivity index (χ4v) is 3.66. The molecule has 2 aliphatic carbocycles. The topological polar surface area (TPSA) is 43.4 Å². The molecule has 3 heteroatoms. The molecular formula is C11H14O3. The quantitative estimate of drug-likeness (QED) is 0.433. The number of ether oxygens (including phenoxy) is 1. The van der Waals surface area contributed by atoms with E-state index in [1.54, 1.807) is 0 Å². The summed E-state index contributed by atoms with van der Waals surface area (Å²) >= 11 is 0. The average molecular weight is 194 g/mol. The van der Waals surface area contributed by atoms with Crippen molar-refractivity contribution in [2.75, 3.05) is 0 Å². The van der Waals surface area contributed by atoms with Crippen LogP contribution in [0.15, 0.2) is 0 Å². The zero-order valence-electron chi connectivity index (χ0n) is 8.12. The summed E-state index contributed by atoms with van der Waals surface area (Å²) in [6, 6.07) is 0. The van der Waals surface area contributed by atoms with Crippen LogP contribution in [-0.4, -0.2) is 17.4 Å². The first-order valence-corrected chi connectivity index (χ1v) is 5.51. The lowest BCUT2D eigenvalue weighted by Crippen LogP contribution is -2.43. The van der Waals surface area contributed by atoms with E-state index in [-0.39, 0.29) is 17.3 Å². The van der Waals surface area contributed by atoms with Crippen LogP contribution in [0.4, 0.5) is 0 Å². The zero-order valence-corrected chi connectivity index (χ0v) is 8.12. The number of hydrogen-bond acceptors (Lipinski definition) is 3. The number of esters is 1. The minimum atomic E-state index is -0.566. The molecule has 3 unspecified atom stereocenters. The Morgan fingerprint density at radius 3 is 2.79 bits per heavy atom. The first-order chi connectivity index (χ1) is 6.74. The maximum atomic E-state index is 11.6. The normalized spacial score (nSPS) is 46.0. The predicted molar refractivity (Wildman–Crippen MR) is 48.5 cm³/mol. The summed E-state index contributed by atoms with van der Waals surface area (Å²) in [5.41, 5.74) is -0.355. The number of hydrogen-bond donors (Lipinski definition) is 0. The molecule has 3 fully saturated rings. The molecule has 1 heterocycles. The van der Waals surface area contributed by atoms with Crippen LogP contribution >= 0.6 is 0 Å². The van der Waals surface area contributed by atoms with Gasteiger partial charge in [0.1, 0.15) is 5.60 Å². The molecule has 0 aromatic carbocycles. The van der Waals surface area contributed by atoms with E-state index < -0.39 is 5.97 Å². The molecule has 0 radical (unpaired) electrons. The average Bonchev–Trinajstić information content (AvgIpc) is 2.67. The summed E-state index contributed by atoms with van der Waals surface area (Å²) in [5.74, 6) is -0.451. The van der Waals surface area contributed by atoms with Gasteiger partial charge in [0.25, 0.3) is 0 Å². The molecule has 0 amide bonds. The van der Waals surface area contributed by atoms with Gasteiger partial charge in [-0.15, -0.1) is 0 Å². The lowest BCUT2D eigenvalue weighted by molar-refractivity contribution is -0.157. The second-order valence-corrected chi connectivity index (χ2v) is 4.78. The number of Topliss-reactive ketones (excluding diaryl/α,β-unsaturated/α-hetero) is 1. The van der Waals surface area contributed by atoms with Crippen molar-refractivity contribution >= 4 is 11.8 Å². The van der Waals surface area contributed by atoms with Crippen LogP contribution in [0.2, 0.25) is 0 Å². The number of carbonyl (C=O) groups excluding carboxylic acids is 2. The molecule has 0 bridgehead atoms. The molecule has 14 heavy (non-hydrogen) atoms. The fourth-order valence-electron chi connectivity index (χ4n) is 3.66. The van der Waals surface area contributed by atoms with Gasteiger partial charge in [-0.3, -0.25) is 4.79 Å². The minimum Gasteiger partial charge on any atom is -0.452 e. The Morgan fingerprint density at radius 1 is 1.14 bits per heavy atom. The molecule has 76 valence electrons. The third-order valence-electron chi connectivity index (χ3n) is 4.25. The van der Waals surface area contributed by atoms with Crippen molar-refractivity contribution in [1.82, 2.24) is 0 Å². The number of rotatable bonds is 0. The molecule has 3 nitrogen and oxygen atoms in total. The summed E-state index contributed by atoms with van der Waals surface area (Å²) in [5, 5.41) is 0. The fraction of sp³-hybridized carbons (Fsp3) is 0.818. The standard InChI is InChI=1S/C11H14O3/c12-9-8-5-1-3-7-4-2-6-11(7,8)14-10(9)13/h7-8H,1-6H2. The van der Waals surface area contributed by atoms with Gasteiger partial charge in [0.05, 0.1) is 5.92 Å².